The third kappa shape index (κ3) is 6.92. The van der Waals surface area contributed by atoms with E-state index in [1.54, 1.807) is 6.20 Å². The van der Waals surface area contributed by atoms with Crippen molar-refractivity contribution in [2.75, 3.05) is 13.1 Å². The van der Waals surface area contributed by atoms with Crippen LogP contribution in [0.2, 0.25) is 5.02 Å². The molecule has 0 atom stereocenters. The van der Waals surface area contributed by atoms with Crippen LogP contribution < -0.4 is 0 Å². The second-order valence-electron chi connectivity index (χ2n) is 7.64. The smallest absolute Gasteiger partial charge is 0.314 e. The van der Waals surface area contributed by atoms with Crippen LogP contribution in [0.1, 0.15) is 57.7 Å². The highest BCUT2D eigenvalue weighted by atomic mass is 35.5. The molecular formula is C25H29ClF3N7O. The Morgan fingerprint density at radius 1 is 1.03 bits per heavy atom. The Morgan fingerprint density at radius 2 is 1.78 bits per heavy atom. The first-order chi connectivity index (χ1) is 18.0. The van der Waals surface area contributed by atoms with E-state index in [1.807, 2.05) is 45.9 Å². The number of alkyl halides is 2. The number of hydrogen-bond acceptors (Lipinski definition) is 7. The fraction of sp³-hybridized carbons (Fsp3) is 0.400. The van der Waals surface area contributed by atoms with Gasteiger partial charge in [0.25, 0.3) is 5.89 Å². The minimum absolute atomic E-state index is 0.00981. The average molecular weight is 536 g/mol. The summed E-state index contributed by atoms with van der Waals surface area (Å²) in [5.41, 5.74) is 2.59. The third-order valence-electron chi connectivity index (χ3n) is 5.31. The van der Waals surface area contributed by atoms with Crippen LogP contribution in [0.4, 0.5) is 13.2 Å². The summed E-state index contributed by atoms with van der Waals surface area (Å²) in [6, 6.07) is 6.93. The van der Waals surface area contributed by atoms with Gasteiger partial charge in [-0.3, -0.25) is 9.88 Å². The highest BCUT2D eigenvalue weighted by molar-refractivity contribution is 6.33. The number of halogens is 4. The first-order valence-corrected chi connectivity index (χ1v) is 12.5. The molecule has 5 rings (SSSR count). The van der Waals surface area contributed by atoms with E-state index >= 15 is 0 Å². The third-order valence-corrected chi connectivity index (χ3v) is 5.62. The van der Waals surface area contributed by atoms with Crippen molar-refractivity contribution < 1.29 is 17.6 Å². The van der Waals surface area contributed by atoms with Gasteiger partial charge in [-0.25, -0.2) is 9.07 Å². The SMILES string of the molecule is CC.CC.Fc1cc(-c2nnc(C(F)F)o2)cnc1Cn1cc(-c2ccc(CN3CCC3)cc2Cl)nn1. The van der Waals surface area contributed by atoms with E-state index in [1.165, 1.54) is 17.3 Å². The molecule has 1 aliphatic heterocycles. The fourth-order valence-electron chi connectivity index (χ4n) is 3.45. The Bertz CT molecular complexity index is 1290. The van der Waals surface area contributed by atoms with E-state index in [-0.39, 0.29) is 23.7 Å². The molecule has 1 fully saturated rings. The maximum atomic E-state index is 14.6. The molecule has 3 aromatic heterocycles. The number of aromatic nitrogens is 6. The Morgan fingerprint density at radius 3 is 2.38 bits per heavy atom. The molecule has 4 aromatic rings. The molecule has 8 nitrogen and oxygen atoms in total. The molecule has 1 aromatic carbocycles. The monoisotopic (exact) mass is 535 g/mol. The molecule has 0 unspecified atom stereocenters. The van der Waals surface area contributed by atoms with E-state index < -0.39 is 18.1 Å². The number of pyridine rings is 1. The minimum atomic E-state index is -2.91. The van der Waals surface area contributed by atoms with Crippen molar-refractivity contribution in [1.29, 1.82) is 0 Å². The number of nitrogens with zero attached hydrogens (tertiary/aromatic N) is 7. The predicted octanol–water partition coefficient (Wildman–Crippen LogP) is 6.43. The van der Waals surface area contributed by atoms with Gasteiger partial charge in [-0.15, -0.1) is 15.3 Å². The van der Waals surface area contributed by atoms with Crippen molar-refractivity contribution in [3.8, 4) is 22.7 Å². The Balaban J connectivity index is 0.000000907. The second-order valence-corrected chi connectivity index (χ2v) is 8.05. The van der Waals surface area contributed by atoms with Gasteiger partial charge in [0.15, 0.2) is 0 Å². The van der Waals surface area contributed by atoms with Crippen molar-refractivity contribution in [1.82, 2.24) is 35.1 Å². The van der Waals surface area contributed by atoms with E-state index in [9.17, 15) is 13.2 Å². The number of hydrogen-bond donors (Lipinski definition) is 0. The molecule has 12 heteroatoms. The van der Waals surface area contributed by atoms with Gasteiger partial charge in [-0.2, -0.15) is 8.78 Å². The number of likely N-dealkylation sites (tertiary alicyclic amines) is 1. The molecule has 0 spiro atoms. The molecule has 198 valence electrons. The summed E-state index contributed by atoms with van der Waals surface area (Å²) in [7, 11) is 0. The molecule has 1 saturated heterocycles. The molecule has 37 heavy (non-hydrogen) atoms. The summed E-state index contributed by atoms with van der Waals surface area (Å²) in [5, 5.41) is 15.5. The summed E-state index contributed by atoms with van der Waals surface area (Å²) < 4.78 is 46.1. The van der Waals surface area contributed by atoms with E-state index in [4.69, 9.17) is 16.0 Å². The van der Waals surface area contributed by atoms with E-state index in [0.29, 0.717) is 10.7 Å². The lowest BCUT2D eigenvalue weighted by Crippen LogP contribution is -2.36. The lowest BCUT2D eigenvalue weighted by Gasteiger charge is -2.30. The zero-order valence-corrected chi connectivity index (χ0v) is 21.9. The van der Waals surface area contributed by atoms with Gasteiger partial charge in [0, 0.05) is 18.3 Å². The molecule has 1 aliphatic rings. The van der Waals surface area contributed by atoms with Crippen LogP contribution in [0.15, 0.2) is 41.1 Å². The normalized spacial score (nSPS) is 12.9. The maximum absolute atomic E-state index is 14.6. The van der Waals surface area contributed by atoms with Crippen molar-refractivity contribution in [3.05, 3.63) is 64.6 Å². The fourth-order valence-corrected chi connectivity index (χ4v) is 3.75. The van der Waals surface area contributed by atoms with Crippen molar-refractivity contribution in [2.24, 2.45) is 0 Å². The van der Waals surface area contributed by atoms with Crippen molar-refractivity contribution in [3.63, 3.8) is 0 Å². The Kier molecular flexibility index (Phi) is 10.2. The largest absolute Gasteiger partial charge is 0.415 e. The van der Waals surface area contributed by atoms with Crippen LogP contribution >= 0.6 is 11.6 Å². The number of benzene rings is 1. The number of rotatable bonds is 7. The van der Waals surface area contributed by atoms with Crippen LogP contribution in [-0.4, -0.2) is 48.2 Å². The molecular weight excluding hydrogens is 507 g/mol. The van der Waals surface area contributed by atoms with Crippen LogP contribution in [0.3, 0.4) is 0 Å². The van der Waals surface area contributed by atoms with Gasteiger partial charge in [-0.05, 0) is 37.2 Å². The highest BCUT2D eigenvalue weighted by Crippen LogP contribution is 2.28. The summed E-state index contributed by atoms with van der Waals surface area (Å²) in [6.07, 6.45) is 1.24. The zero-order chi connectivity index (χ0) is 26.9. The first-order valence-electron chi connectivity index (χ1n) is 12.1. The van der Waals surface area contributed by atoms with Gasteiger partial charge in [0.1, 0.15) is 11.5 Å². The molecule has 0 bridgehead atoms. The van der Waals surface area contributed by atoms with Gasteiger partial charge in [0.05, 0.1) is 29.0 Å². The van der Waals surface area contributed by atoms with Crippen LogP contribution in [-0.2, 0) is 13.1 Å². The van der Waals surface area contributed by atoms with E-state index in [2.05, 4.69) is 30.4 Å². The van der Waals surface area contributed by atoms with E-state index in [0.717, 1.165) is 36.8 Å². The topological polar surface area (TPSA) is 85.8 Å². The molecule has 0 aliphatic carbocycles. The molecule has 4 heterocycles. The summed E-state index contributed by atoms with van der Waals surface area (Å²) >= 11 is 6.47. The maximum Gasteiger partial charge on any atom is 0.314 e. The zero-order valence-electron chi connectivity index (χ0n) is 21.1. The molecule has 0 saturated carbocycles. The van der Waals surface area contributed by atoms with Crippen molar-refractivity contribution in [2.45, 2.75) is 53.6 Å². The van der Waals surface area contributed by atoms with Gasteiger partial charge in [0.2, 0.25) is 5.89 Å². The quantitative estimate of drug-likeness (QED) is 0.269. The van der Waals surface area contributed by atoms with Gasteiger partial charge < -0.3 is 4.42 Å². The average Bonchev–Trinajstić information content (AvgIpc) is 3.56. The Labute approximate surface area is 218 Å². The predicted molar refractivity (Wildman–Crippen MR) is 135 cm³/mol. The lowest BCUT2D eigenvalue weighted by atomic mass is 10.1. The standard InChI is InChI=1S/C21H17ClF3N7O.2C2H6/c22-15-6-12(9-31-4-1-5-31)2-3-14(15)17-10-32(30-27-17)11-18-16(23)7-13(8-26-18)20-28-29-21(33-20)19(24)25;2*1-2/h2-3,6-8,10,19H,1,4-5,9,11H2;2*1-2H3. The second kappa shape index (κ2) is 13.3. The molecule has 0 radical (unpaired) electrons. The minimum Gasteiger partial charge on any atom is -0.415 e. The summed E-state index contributed by atoms with van der Waals surface area (Å²) in [4.78, 5) is 6.38. The van der Waals surface area contributed by atoms with Gasteiger partial charge in [-0.1, -0.05) is 56.6 Å². The highest BCUT2D eigenvalue weighted by Gasteiger charge is 2.19. The van der Waals surface area contributed by atoms with Crippen LogP contribution in [0.5, 0.6) is 0 Å². The first kappa shape index (κ1) is 28.3. The van der Waals surface area contributed by atoms with Crippen molar-refractivity contribution >= 4 is 11.6 Å². The molecule has 0 amide bonds. The Hall–Kier alpha value is -3.31. The lowest BCUT2D eigenvalue weighted by molar-refractivity contribution is 0.116. The summed E-state index contributed by atoms with van der Waals surface area (Å²) in [6.45, 7) is 11.1. The van der Waals surface area contributed by atoms with Crippen LogP contribution in [0.25, 0.3) is 22.7 Å². The van der Waals surface area contributed by atoms with Gasteiger partial charge >= 0.3 is 6.43 Å². The summed E-state index contributed by atoms with van der Waals surface area (Å²) in [5.74, 6) is -1.75. The van der Waals surface area contributed by atoms with Crippen LogP contribution in [0, 0.1) is 5.82 Å². The molecule has 0 N–H and O–H groups in total.